The maximum absolute atomic E-state index is 10.5. The molecular formula is C27H38O5Si. The number of hydrogen-bond donors (Lipinski definition) is 1. The zero-order valence-electron chi connectivity index (χ0n) is 21.2. The fourth-order valence-electron chi connectivity index (χ4n) is 3.84. The number of aliphatic hydroxyl groups is 1. The van der Waals surface area contributed by atoms with Crippen LogP contribution in [0.3, 0.4) is 0 Å². The molecule has 0 radical (unpaired) electrons. The molecule has 2 aromatic rings. The van der Waals surface area contributed by atoms with Crippen LogP contribution in [0.4, 0.5) is 0 Å². The van der Waals surface area contributed by atoms with Crippen molar-refractivity contribution in [2.24, 2.45) is 0 Å². The SMILES string of the molecule is COc1cc([C@@H](O[Si](C)(C)C(C)(C)C)[C@H](CO)OC2=Cc3ccccc3C2)cc(OC)c1C. The number of hydrogen-bond acceptors (Lipinski definition) is 5. The highest BCUT2D eigenvalue weighted by Crippen LogP contribution is 2.43. The third-order valence-electron chi connectivity index (χ3n) is 6.89. The summed E-state index contributed by atoms with van der Waals surface area (Å²) in [5.41, 5.74) is 4.17. The van der Waals surface area contributed by atoms with Crippen LogP contribution in [0.5, 0.6) is 11.5 Å². The fraction of sp³-hybridized carbons (Fsp3) is 0.481. The van der Waals surface area contributed by atoms with Gasteiger partial charge in [-0.1, -0.05) is 45.0 Å². The molecule has 0 heterocycles. The van der Waals surface area contributed by atoms with Crippen LogP contribution in [0.15, 0.2) is 42.2 Å². The second-order valence-electron chi connectivity index (χ2n) is 10.2. The molecule has 3 rings (SSSR count). The van der Waals surface area contributed by atoms with E-state index in [9.17, 15) is 5.11 Å². The molecule has 2 aromatic carbocycles. The van der Waals surface area contributed by atoms with Gasteiger partial charge in [0.05, 0.1) is 20.8 Å². The molecule has 1 aliphatic carbocycles. The quantitative estimate of drug-likeness (QED) is 0.452. The third kappa shape index (κ3) is 5.45. The van der Waals surface area contributed by atoms with Gasteiger partial charge in [-0.25, -0.2) is 0 Å². The first kappa shape index (κ1) is 25.3. The van der Waals surface area contributed by atoms with Crippen molar-refractivity contribution in [2.45, 2.75) is 64.5 Å². The minimum Gasteiger partial charge on any atom is -0.496 e. The van der Waals surface area contributed by atoms with E-state index in [1.807, 2.05) is 31.2 Å². The van der Waals surface area contributed by atoms with Crippen molar-refractivity contribution in [1.29, 1.82) is 0 Å². The Kier molecular flexibility index (Phi) is 7.61. The number of methoxy groups -OCH3 is 2. The highest BCUT2D eigenvalue weighted by Gasteiger charge is 2.42. The van der Waals surface area contributed by atoms with Crippen molar-refractivity contribution in [1.82, 2.24) is 0 Å². The van der Waals surface area contributed by atoms with E-state index in [0.717, 1.165) is 33.9 Å². The molecule has 2 atom stereocenters. The van der Waals surface area contributed by atoms with Crippen molar-refractivity contribution in [3.8, 4) is 11.5 Å². The average Bonchev–Trinajstić information content (AvgIpc) is 3.18. The molecule has 180 valence electrons. The van der Waals surface area contributed by atoms with E-state index in [-0.39, 0.29) is 11.6 Å². The molecule has 0 saturated carbocycles. The monoisotopic (exact) mass is 470 g/mol. The number of ether oxygens (including phenoxy) is 3. The Morgan fingerprint density at radius 1 is 1.03 bits per heavy atom. The zero-order valence-corrected chi connectivity index (χ0v) is 22.2. The van der Waals surface area contributed by atoms with E-state index in [1.165, 1.54) is 5.56 Å². The largest absolute Gasteiger partial charge is 0.496 e. The molecule has 0 fully saturated rings. The topological polar surface area (TPSA) is 57.2 Å². The summed E-state index contributed by atoms with van der Waals surface area (Å²) in [4.78, 5) is 0. The normalized spacial score (nSPS) is 15.5. The maximum Gasteiger partial charge on any atom is 0.193 e. The molecule has 1 N–H and O–H groups in total. The first-order valence-corrected chi connectivity index (χ1v) is 14.4. The molecule has 1 aliphatic rings. The summed E-state index contributed by atoms with van der Waals surface area (Å²) in [7, 11) is 1.09. The standard InChI is InChI=1S/C27H38O5Si/c1-18-23(29-5)15-21(16-24(18)30-6)26(32-33(7,8)27(2,3)4)25(17-28)31-22-13-19-11-9-10-12-20(19)14-22/h9-13,15-16,25-26,28H,14,17H2,1-8H3/t25-,26+/m0/s1. The Morgan fingerprint density at radius 2 is 1.64 bits per heavy atom. The van der Waals surface area contributed by atoms with Crippen LogP contribution in [0.25, 0.3) is 6.08 Å². The summed E-state index contributed by atoms with van der Waals surface area (Å²) in [6, 6.07) is 12.2. The van der Waals surface area contributed by atoms with Gasteiger partial charge in [-0.3, -0.25) is 0 Å². The van der Waals surface area contributed by atoms with Gasteiger partial charge in [0.15, 0.2) is 14.4 Å². The van der Waals surface area contributed by atoms with Crippen molar-refractivity contribution in [3.05, 3.63) is 64.4 Å². The molecule has 6 heteroatoms. The van der Waals surface area contributed by atoms with Gasteiger partial charge in [0.2, 0.25) is 0 Å². The number of rotatable bonds is 9. The summed E-state index contributed by atoms with van der Waals surface area (Å²) in [6.07, 6.45) is 1.71. The van der Waals surface area contributed by atoms with E-state index in [4.69, 9.17) is 18.6 Å². The Hall–Kier alpha value is -2.28. The smallest absolute Gasteiger partial charge is 0.193 e. The van der Waals surface area contributed by atoms with Gasteiger partial charge in [-0.15, -0.1) is 0 Å². The van der Waals surface area contributed by atoms with Crippen molar-refractivity contribution >= 4 is 14.4 Å². The van der Waals surface area contributed by atoms with Crippen LogP contribution in [-0.4, -0.2) is 40.4 Å². The Bertz CT molecular complexity index is 981. The highest BCUT2D eigenvalue weighted by molar-refractivity contribution is 6.74. The van der Waals surface area contributed by atoms with Gasteiger partial charge in [-0.05, 0) is 60.0 Å². The van der Waals surface area contributed by atoms with E-state index in [1.54, 1.807) is 14.2 Å². The van der Waals surface area contributed by atoms with Gasteiger partial charge in [0, 0.05) is 12.0 Å². The molecule has 0 saturated heterocycles. The minimum absolute atomic E-state index is 0.00696. The van der Waals surface area contributed by atoms with Crippen LogP contribution in [0, 0.1) is 6.92 Å². The van der Waals surface area contributed by atoms with Crippen LogP contribution < -0.4 is 9.47 Å². The predicted octanol–water partition coefficient (Wildman–Crippen LogP) is 6.05. The van der Waals surface area contributed by atoms with E-state index in [2.05, 4.69) is 52.1 Å². The third-order valence-corrected chi connectivity index (χ3v) is 11.3. The molecular weight excluding hydrogens is 432 g/mol. The van der Waals surface area contributed by atoms with Gasteiger partial charge in [0.1, 0.15) is 23.4 Å². The first-order valence-electron chi connectivity index (χ1n) is 11.5. The van der Waals surface area contributed by atoms with Crippen LogP contribution in [0.1, 0.15) is 49.1 Å². The Balaban J connectivity index is 2.01. The second-order valence-corrected chi connectivity index (χ2v) is 14.9. The summed E-state index contributed by atoms with van der Waals surface area (Å²) >= 11 is 0. The first-order chi connectivity index (χ1) is 15.5. The number of fused-ring (bicyclic) bond motifs is 1. The van der Waals surface area contributed by atoms with Crippen LogP contribution >= 0.6 is 0 Å². The lowest BCUT2D eigenvalue weighted by Crippen LogP contribution is -2.45. The lowest BCUT2D eigenvalue weighted by atomic mass is 10.0. The van der Waals surface area contributed by atoms with E-state index < -0.39 is 20.5 Å². The van der Waals surface area contributed by atoms with Gasteiger partial charge < -0.3 is 23.7 Å². The molecule has 0 unspecified atom stereocenters. The van der Waals surface area contributed by atoms with Crippen LogP contribution in [-0.2, 0) is 15.6 Å². The van der Waals surface area contributed by atoms with Gasteiger partial charge >= 0.3 is 0 Å². The second kappa shape index (κ2) is 9.91. The fourth-order valence-corrected chi connectivity index (χ4v) is 5.11. The average molecular weight is 471 g/mol. The highest BCUT2D eigenvalue weighted by atomic mass is 28.4. The molecule has 0 amide bonds. The molecule has 5 nitrogen and oxygen atoms in total. The number of benzene rings is 2. The summed E-state index contributed by atoms with van der Waals surface area (Å²) in [5, 5.41) is 10.5. The predicted molar refractivity (Wildman–Crippen MR) is 135 cm³/mol. The van der Waals surface area contributed by atoms with Crippen molar-refractivity contribution in [3.63, 3.8) is 0 Å². The lowest BCUT2D eigenvalue weighted by molar-refractivity contribution is -0.0296. The van der Waals surface area contributed by atoms with Gasteiger partial charge in [0.25, 0.3) is 0 Å². The van der Waals surface area contributed by atoms with E-state index >= 15 is 0 Å². The molecule has 0 bridgehead atoms. The summed E-state index contributed by atoms with van der Waals surface area (Å²) < 4.78 is 24.6. The number of aliphatic hydroxyl groups excluding tert-OH is 1. The van der Waals surface area contributed by atoms with Crippen molar-refractivity contribution < 1.29 is 23.7 Å². The van der Waals surface area contributed by atoms with Crippen LogP contribution in [0.2, 0.25) is 18.1 Å². The number of allylic oxidation sites excluding steroid dienone is 1. The Morgan fingerprint density at radius 3 is 2.15 bits per heavy atom. The Labute approximate surface area is 199 Å². The summed E-state index contributed by atoms with van der Waals surface area (Å²) in [6.45, 7) is 12.8. The molecule has 0 aliphatic heterocycles. The summed E-state index contributed by atoms with van der Waals surface area (Å²) in [5.74, 6) is 2.28. The zero-order chi connectivity index (χ0) is 24.4. The maximum atomic E-state index is 10.5. The molecule has 0 aromatic heterocycles. The molecule has 0 spiro atoms. The molecule has 33 heavy (non-hydrogen) atoms. The lowest BCUT2D eigenvalue weighted by Gasteiger charge is -2.41. The van der Waals surface area contributed by atoms with Crippen molar-refractivity contribution in [2.75, 3.05) is 20.8 Å². The van der Waals surface area contributed by atoms with Gasteiger partial charge in [-0.2, -0.15) is 0 Å². The van der Waals surface area contributed by atoms with E-state index in [0.29, 0.717) is 6.42 Å². The minimum atomic E-state index is -2.21.